The van der Waals surface area contributed by atoms with Gasteiger partial charge in [0.15, 0.2) is 0 Å². The van der Waals surface area contributed by atoms with Crippen molar-refractivity contribution in [1.82, 2.24) is 4.90 Å². The van der Waals surface area contributed by atoms with Crippen LogP contribution in [-0.4, -0.2) is 18.5 Å². The first-order valence-electron chi connectivity index (χ1n) is 6.88. The lowest BCUT2D eigenvalue weighted by Crippen LogP contribution is -2.31. The number of rotatable bonds is 5. The van der Waals surface area contributed by atoms with Gasteiger partial charge in [-0.25, -0.2) is 0 Å². The van der Waals surface area contributed by atoms with E-state index in [2.05, 4.69) is 17.0 Å². The van der Waals surface area contributed by atoms with Crippen LogP contribution in [0.15, 0.2) is 60.7 Å². The standard InChI is InChI=1S/C18H19N3/c1-21(18(20)17-7-3-2-4-8-17)13-5-6-15-9-11-16(14-19)12-10-15/h2-12,18H,13,20H2,1H3. The average Bonchev–Trinajstić information content (AvgIpc) is 2.55. The second kappa shape index (κ2) is 7.39. The molecule has 1 atom stereocenters. The summed E-state index contributed by atoms with van der Waals surface area (Å²) in [6.07, 6.45) is 4.00. The van der Waals surface area contributed by atoms with Crippen LogP contribution < -0.4 is 5.73 Å². The summed E-state index contributed by atoms with van der Waals surface area (Å²) >= 11 is 0. The van der Waals surface area contributed by atoms with Gasteiger partial charge in [-0.15, -0.1) is 0 Å². The largest absolute Gasteiger partial charge is 0.312 e. The smallest absolute Gasteiger partial charge is 0.0991 e. The third-order valence-electron chi connectivity index (χ3n) is 3.36. The molecule has 0 radical (unpaired) electrons. The molecular formula is C18H19N3. The molecule has 0 aliphatic carbocycles. The third-order valence-corrected chi connectivity index (χ3v) is 3.36. The van der Waals surface area contributed by atoms with Crippen LogP contribution in [-0.2, 0) is 0 Å². The maximum absolute atomic E-state index is 8.76. The number of hydrogen-bond donors (Lipinski definition) is 1. The first-order chi connectivity index (χ1) is 10.2. The summed E-state index contributed by atoms with van der Waals surface area (Å²) in [4.78, 5) is 2.08. The van der Waals surface area contributed by atoms with Crippen molar-refractivity contribution in [2.24, 2.45) is 5.73 Å². The van der Waals surface area contributed by atoms with Crippen LogP contribution >= 0.6 is 0 Å². The van der Waals surface area contributed by atoms with Crippen LogP contribution in [0.3, 0.4) is 0 Å². The molecule has 0 heterocycles. The van der Waals surface area contributed by atoms with Crippen molar-refractivity contribution in [3.8, 4) is 6.07 Å². The van der Waals surface area contributed by atoms with Crippen molar-refractivity contribution < 1.29 is 0 Å². The van der Waals surface area contributed by atoms with Crippen molar-refractivity contribution in [2.75, 3.05) is 13.6 Å². The van der Waals surface area contributed by atoms with Gasteiger partial charge < -0.3 is 5.73 Å². The molecule has 0 aromatic heterocycles. The summed E-state index contributed by atoms with van der Waals surface area (Å²) in [5.74, 6) is 0. The zero-order valence-electron chi connectivity index (χ0n) is 12.1. The monoisotopic (exact) mass is 277 g/mol. The summed E-state index contributed by atoms with van der Waals surface area (Å²) in [7, 11) is 2.00. The number of nitrogens with two attached hydrogens (primary N) is 1. The number of benzene rings is 2. The van der Waals surface area contributed by atoms with Gasteiger partial charge in [0.25, 0.3) is 0 Å². The molecule has 0 spiro atoms. The summed E-state index contributed by atoms with van der Waals surface area (Å²) in [6.45, 7) is 0.760. The lowest BCUT2D eigenvalue weighted by Gasteiger charge is -2.23. The highest BCUT2D eigenvalue weighted by Gasteiger charge is 2.09. The Morgan fingerprint density at radius 3 is 2.43 bits per heavy atom. The van der Waals surface area contributed by atoms with Crippen LogP contribution in [0, 0.1) is 11.3 Å². The molecule has 0 amide bonds. The fraction of sp³-hybridized carbons (Fsp3) is 0.167. The average molecular weight is 277 g/mol. The molecule has 0 saturated heterocycles. The van der Waals surface area contributed by atoms with Crippen LogP contribution in [0.5, 0.6) is 0 Å². The number of hydrogen-bond acceptors (Lipinski definition) is 3. The Kier molecular flexibility index (Phi) is 5.28. The van der Waals surface area contributed by atoms with Gasteiger partial charge in [0.05, 0.1) is 17.8 Å². The van der Waals surface area contributed by atoms with Crippen molar-refractivity contribution in [2.45, 2.75) is 6.17 Å². The first-order valence-corrected chi connectivity index (χ1v) is 6.88. The van der Waals surface area contributed by atoms with Crippen molar-refractivity contribution in [1.29, 1.82) is 5.26 Å². The van der Waals surface area contributed by atoms with Crippen molar-refractivity contribution in [3.63, 3.8) is 0 Å². The number of nitrogens with zero attached hydrogens (tertiary/aromatic N) is 2. The molecule has 0 bridgehead atoms. The summed E-state index contributed by atoms with van der Waals surface area (Å²) in [5.41, 5.74) is 9.07. The fourth-order valence-electron chi connectivity index (χ4n) is 2.04. The highest BCUT2D eigenvalue weighted by Crippen LogP contribution is 2.13. The molecular weight excluding hydrogens is 258 g/mol. The van der Waals surface area contributed by atoms with E-state index in [1.807, 2.05) is 67.7 Å². The van der Waals surface area contributed by atoms with Gasteiger partial charge in [-0.3, -0.25) is 4.90 Å². The Morgan fingerprint density at radius 2 is 1.81 bits per heavy atom. The number of likely N-dealkylation sites (N-methyl/N-ethyl adjacent to an activating group) is 1. The normalized spacial score (nSPS) is 12.5. The molecule has 0 saturated carbocycles. The van der Waals surface area contributed by atoms with Gasteiger partial charge in [-0.1, -0.05) is 54.6 Å². The molecule has 2 aromatic rings. The minimum absolute atomic E-state index is 0.114. The maximum Gasteiger partial charge on any atom is 0.0991 e. The molecule has 106 valence electrons. The van der Waals surface area contributed by atoms with E-state index in [1.54, 1.807) is 0 Å². The molecule has 21 heavy (non-hydrogen) atoms. The predicted octanol–water partition coefficient (Wildman–Crippen LogP) is 3.16. The van der Waals surface area contributed by atoms with Gasteiger partial charge in [-0.2, -0.15) is 5.26 Å². The van der Waals surface area contributed by atoms with E-state index in [0.29, 0.717) is 5.56 Å². The molecule has 2 N–H and O–H groups in total. The Morgan fingerprint density at radius 1 is 1.14 bits per heavy atom. The maximum atomic E-state index is 8.76. The number of nitriles is 1. The molecule has 3 nitrogen and oxygen atoms in total. The van der Waals surface area contributed by atoms with Gasteiger partial charge in [0, 0.05) is 6.54 Å². The van der Waals surface area contributed by atoms with Gasteiger partial charge in [0.1, 0.15) is 0 Å². The summed E-state index contributed by atoms with van der Waals surface area (Å²) in [5, 5.41) is 8.76. The van der Waals surface area contributed by atoms with Gasteiger partial charge >= 0.3 is 0 Å². The quantitative estimate of drug-likeness (QED) is 0.854. The summed E-state index contributed by atoms with van der Waals surface area (Å²) < 4.78 is 0. The fourth-order valence-corrected chi connectivity index (χ4v) is 2.04. The van der Waals surface area contributed by atoms with Crippen LogP contribution in [0.4, 0.5) is 0 Å². The Bertz CT molecular complexity index is 624. The predicted molar refractivity (Wildman–Crippen MR) is 86.2 cm³/mol. The van der Waals surface area contributed by atoms with E-state index in [0.717, 1.165) is 17.7 Å². The zero-order chi connectivity index (χ0) is 15.1. The molecule has 0 aliphatic rings. The van der Waals surface area contributed by atoms with E-state index >= 15 is 0 Å². The second-order valence-corrected chi connectivity index (χ2v) is 4.93. The van der Waals surface area contributed by atoms with Gasteiger partial charge in [0.2, 0.25) is 0 Å². The third kappa shape index (κ3) is 4.28. The van der Waals surface area contributed by atoms with Crippen molar-refractivity contribution >= 4 is 6.08 Å². The lowest BCUT2D eigenvalue weighted by molar-refractivity contribution is 0.277. The molecule has 1 unspecified atom stereocenters. The van der Waals surface area contributed by atoms with Crippen molar-refractivity contribution in [3.05, 3.63) is 77.4 Å². The van der Waals surface area contributed by atoms with Crippen LogP contribution in [0.25, 0.3) is 6.08 Å². The molecule has 0 aliphatic heterocycles. The lowest BCUT2D eigenvalue weighted by atomic mass is 10.1. The topological polar surface area (TPSA) is 53.0 Å². The Labute approximate surface area is 125 Å². The molecule has 2 aromatic carbocycles. The van der Waals surface area contributed by atoms with Crippen LogP contribution in [0.1, 0.15) is 22.9 Å². The Hall–Kier alpha value is -2.41. The summed E-state index contributed by atoms with van der Waals surface area (Å²) in [6, 6.07) is 19.7. The highest BCUT2D eigenvalue weighted by atomic mass is 15.2. The van der Waals surface area contributed by atoms with Crippen LogP contribution in [0.2, 0.25) is 0 Å². The minimum atomic E-state index is -0.114. The van der Waals surface area contributed by atoms with E-state index in [-0.39, 0.29) is 6.17 Å². The van der Waals surface area contributed by atoms with E-state index < -0.39 is 0 Å². The highest BCUT2D eigenvalue weighted by molar-refractivity contribution is 5.51. The minimum Gasteiger partial charge on any atom is -0.312 e. The first kappa shape index (κ1) is 15.0. The molecule has 2 rings (SSSR count). The van der Waals surface area contributed by atoms with E-state index in [1.165, 1.54) is 0 Å². The van der Waals surface area contributed by atoms with E-state index in [9.17, 15) is 0 Å². The van der Waals surface area contributed by atoms with E-state index in [4.69, 9.17) is 11.0 Å². The second-order valence-electron chi connectivity index (χ2n) is 4.93. The zero-order valence-corrected chi connectivity index (χ0v) is 12.1. The van der Waals surface area contributed by atoms with Gasteiger partial charge in [-0.05, 0) is 30.3 Å². The SMILES string of the molecule is CN(CC=Cc1ccc(C#N)cc1)C(N)c1ccccc1. The Balaban J connectivity index is 1.92. The molecule has 0 fully saturated rings. The molecule has 3 heteroatoms.